The van der Waals surface area contributed by atoms with Crippen LogP contribution in [0.5, 0.6) is 0 Å². The van der Waals surface area contributed by atoms with E-state index in [1.807, 2.05) is 0 Å². The van der Waals surface area contributed by atoms with Gasteiger partial charge >= 0.3 is 0 Å². The summed E-state index contributed by atoms with van der Waals surface area (Å²) in [7, 11) is 0. The molecule has 0 radical (unpaired) electrons. The number of nitrogens with zero attached hydrogens (tertiary/aromatic N) is 3. The standard InChI is InChI=1S/C8H11ClN4/c9-7-3-11-5-12-8(7)13-2-1-6(10)4-13/h3,5-6H,1-2,4,10H2. The summed E-state index contributed by atoms with van der Waals surface area (Å²) in [5.41, 5.74) is 5.78. The normalized spacial score (nSPS) is 22.3. The van der Waals surface area contributed by atoms with Crippen molar-refractivity contribution in [1.29, 1.82) is 0 Å². The minimum absolute atomic E-state index is 0.242. The number of halogens is 1. The second-order valence-corrected chi connectivity index (χ2v) is 3.60. The van der Waals surface area contributed by atoms with Crippen LogP contribution in [0.4, 0.5) is 5.82 Å². The highest BCUT2D eigenvalue weighted by atomic mass is 35.5. The summed E-state index contributed by atoms with van der Waals surface area (Å²) in [4.78, 5) is 10.0. The van der Waals surface area contributed by atoms with Gasteiger partial charge in [-0.15, -0.1) is 0 Å². The molecule has 4 nitrogen and oxygen atoms in total. The smallest absolute Gasteiger partial charge is 0.150 e. The van der Waals surface area contributed by atoms with Crippen LogP contribution < -0.4 is 10.6 Å². The van der Waals surface area contributed by atoms with E-state index in [2.05, 4.69) is 14.9 Å². The Morgan fingerprint density at radius 3 is 3.08 bits per heavy atom. The van der Waals surface area contributed by atoms with E-state index in [-0.39, 0.29) is 6.04 Å². The molecule has 1 unspecified atom stereocenters. The molecule has 5 heteroatoms. The number of aromatic nitrogens is 2. The number of anilines is 1. The van der Waals surface area contributed by atoms with Gasteiger partial charge in [0.15, 0.2) is 5.82 Å². The molecule has 2 N–H and O–H groups in total. The second kappa shape index (κ2) is 3.47. The van der Waals surface area contributed by atoms with E-state index in [1.54, 1.807) is 6.20 Å². The summed E-state index contributed by atoms with van der Waals surface area (Å²) in [5.74, 6) is 0.796. The first-order valence-corrected chi connectivity index (χ1v) is 4.61. The Hall–Kier alpha value is -0.870. The quantitative estimate of drug-likeness (QED) is 0.721. The van der Waals surface area contributed by atoms with Crippen LogP contribution in [-0.4, -0.2) is 29.1 Å². The van der Waals surface area contributed by atoms with Crippen LogP contribution in [0.15, 0.2) is 12.5 Å². The van der Waals surface area contributed by atoms with Crippen molar-refractivity contribution in [2.45, 2.75) is 12.5 Å². The van der Waals surface area contributed by atoms with E-state index >= 15 is 0 Å². The highest BCUT2D eigenvalue weighted by Crippen LogP contribution is 2.24. The minimum Gasteiger partial charge on any atom is -0.354 e. The van der Waals surface area contributed by atoms with Crippen molar-refractivity contribution in [3.05, 3.63) is 17.5 Å². The van der Waals surface area contributed by atoms with E-state index in [1.165, 1.54) is 6.33 Å². The zero-order valence-electron chi connectivity index (χ0n) is 7.15. The molecular weight excluding hydrogens is 188 g/mol. The SMILES string of the molecule is NC1CCN(c2ncncc2Cl)C1. The minimum atomic E-state index is 0.242. The molecule has 1 aromatic heterocycles. The Bertz CT molecular complexity index is 304. The average molecular weight is 199 g/mol. The molecule has 2 rings (SSSR count). The van der Waals surface area contributed by atoms with Crippen LogP contribution in [0.25, 0.3) is 0 Å². The van der Waals surface area contributed by atoms with Crippen LogP contribution in [0.2, 0.25) is 5.02 Å². The third-order valence-electron chi connectivity index (χ3n) is 2.17. The third-order valence-corrected chi connectivity index (χ3v) is 2.44. The van der Waals surface area contributed by atoms with Gasteiger partial charge in [-0.25, -0.2) is 9.97 Å². The number of hydrogen-bond acceptors (Lipinski definition) is 4. The van der Waals surface area contributed by atoms with Crippen LogP contribution in [0.1, 0.15) is 6.42 Å². The molecule has 0 bridgehead atoms. The highest BCUT2D eigenvalue weighted by molar-refractivity contribution is 6.32. The fourth-order valence-corrected chi connectivity index (χ4v) is 1.74. The molecule has 1 aromatic rings. The van der Waals surface area contributed by atoms with Crippen molar-refractivity contribution in [3.8, 4) is 0 Å². The maximum absolute atomic E-state index is 5.94. The number of hydrogen-bond donors (Lipinski definition) is 1. The Morgan fingerprint density at radius 1 is 1.62 bits per heavy atom. The predicted molar refractivity (Wildman–Crippen MR) is 51.8 cm³/mol. The highest BCUT2D eigenvalue weighted by Gasteiger charge is 2.21. The topological polar surface area (TPSA) is 55.0 Å². The van der Waals surface area contributed by atoms with Crippen LogP contribution >= 0.6 is 11.6 Å². The maximum atomic E-state index is 5.94. The first-order valence-electron chi connectivity index (χ1n) is 4.23. The molecule has 0 aromatic carbocycles. The van der Waals surface area contributed by atoms with Crippen molar-refractivity contribution in [2.75, 3.05) is 18.0 Å². The van der Waals surface area contributed by atoms with Gasteiger partial charge in [0.1, 0.15) is 11.3 Å². The van der Waals surface area contributed by atoms with Gasteiger partial charge in [-0.3, -0.25) is 0 Å². The van der Waals surface area contributed by atoms with E-state index in [0.29, 0.717) is 5.02 Å². The maximum Gasteiger partial charge on any atom is 0.150 e. The van der Waals surface area contributed by atoms with Crippen LogP contribution in [0, 0.1) is 0 Å². The molecule has 1 saturated heterocycles. The molecule has 1 fully saturated rings. The summed E-state index contributed by atoms with van der Waals surface area (Å²) in [6.45, 7) is 1.76. The van der Waals surface area contributed by atoms with Crippen molar-refractivity contribution < 1.29 is 0 Å². The van der Waals surface area contributed by atoms with Gasteiger partial charge in [-0.1, -0.05) is 11.6 Å². The zero-order valence-corrected chi connectivity index (χ0v) is 7.91. The molecule has 13 heavy (non-hydrogen) atoms. The number of rotatable bonds is 1. The summed E-state index contributed by atoms with van der Waals surface area (Å²) in [6, 6.07) is 0.242. The Kier molecular flexibility index (Phi) is 2.33. The Morgan fingerprint density at radius 2 is 2.46 bits per heavy atom. The van der Waals surface area contributed by atoms with Crippen LogP contribution in [0.3, 0.4) is 0 Å². The molecule has 0 spiro atoms. The molecule has 0 aliphatic carbocycles. The molecule has 2 heterocycles. The lowest BCUT2D eigenvalue weighted by Gasteiger charge is -2.16. The fraction of sp³-hybridized carbons (Fsp3) is 0.500. The van der Waals surface area contributed by atoms with Gasteiger partial charge in [0.25, 0.3) is 0 Å². The average Bonchev–Trinajstić information content (AvgIpc) is 2.53. The van der Waals surface area contributed by atoms with Crippen molar-refractivity contribution >= 4 is 17.4 Å². The summed E-state index contributed by atoms with van der Waals surface area (Å²) in [6.07, 6.45) is 4.11. The van der Waals surface area contributed by atoms with Gasteiger partial charge in [0, 0.05) is 19.1 Å². The van der Waals surface area contributed by atoms with Gasteiger partial charge in [0.2, 0.25) is 0 Å². The lowest BCUT2D eigenvalue weighted by atomic mass is 10.3. The Labute approximate surface area is 81.7 Å². The predicted octanol–water partition coefficient (Wildman–Crippen LogP) is 0.667. The summed E-state index contributed by atoms with van der Waals surface area (Å²) >= 11 is 5.94. The van der Waals surface area contributed by atoms with E-state index in [9.17, 15) is 0 Å². The van der Waals surface area contributed by atoms with Crippen LogP contribution in [-0.2, 0) is 0 Å². The van der Waals surface area contributed by atoms with Crippen molar-refractivity contribution in [3.63, 3.8) is 0 Å². The molecule has 0 saturated carbocycles. The number of nitrogens with two attached hydrogens (primary N) is 1. The monoisotopic (exact) mass is 198 g/mol. The molecule has 0 amide bonds. The van der Waals surface area contributed by atoms with Gasteiger partial charge in [-0.2, -0.15) is 0 Å². The third kappa shape index (κ3) is 1.73. The largest absolute Gasteiger partial charge is 0.354 e. The van der Waals surface area contributed by atoms with Crippen molar-refractivity contribution in [1.82, 2.24) is 9.97 Å². The lowest BCUT2D eigenvalue weighted by molar-refractivity contribution is 0.751. The molecule has 70 valence electrons. The van der Waals surface area contributed by atoms with Gasteiger partial charge in [0.05, 0.1) is 6.20 Å². The zero-order chi connectivity index (χ0) is 9.26. The van der Waals surface area contributed by atoms with Gasteiger partial charge in [-0.05, 0) is 6.42 Å². The second-order valence-electron chi connectivity index (χ2n) is 3.19. The summed E-state index contributed by atoms with van der Waals surface area (Å²) < 4.78 is 0. The molecule has 1 aliphatic heterocycles. The fourth-order valence-electron chi connectivity index (χ4n) is 1.52. The molecule has 1 aliphatic rings. The lowest BCUT2D eigenvalue weighted by Crippen LogP contribution is -2.27. The van der Waals surface area contributed by atoms with Crippen molar-refractivity contribution in [2.24, 2.45) is 5.73 Å². The molecule has 1 atom stereocenters. The van der Waals surface area contributed by atoms with E-state index in [4.69, 9.17) is 17.3 Å². The summed E-state index contributed by atoms with van der Waals surface area (Å²) in [5, 5.41) is 0.594. The molecular formula is C8H11ClN4. The first-order chi connectivity index (χ1) is 6.27. The van der Waals surface area contributed by atoms with E-state index < -0.39 is 0 Å². The Balaban J connectivity index is 2.21. The van der Waals surface area contributed by atoms with Gasteiger partial charge < -0.3 is 10.6 Å². The first kappa shape index (κ1) is 8.72. The van der Waals surface area contributed by atoms with E-state index in [0.717, 1.165) is 25.3 Å².